The Kier molecular flexibility index (Phi) is 6.93. The van der Waals surface area contributed by atoms with Gasteiger partial charge in [0, 0.05) is 37.1 Å². The molecule has 0 heterocycles. The van der Waals surface area contributed by atoms with Crippen LogP contribution in [0.5, 0.6) is 0 Å². The molecule has 2 heteroatoms. The van der Waals surface area contributed by atoms with Crippen LogP contribution >= 0.6 is 0 Å². The second-order valence-corrected chi connectivity index (χ2v) is 5.66. The summed E-state index contributed by atoms with van der Waals surface area (Å²) in [4.78, 5) is 6.77. The van der Waals surface area contributed by atoms with Gasteiger partial charge in [-0.1, -0.05) is 44.7 Å². The molecule has 1 rings (SSSR count). The Balaban J connectivity index is 2.95. The van der Waals surface area contributed by atoms with Crippen molar-refractivity contribution in [3.8, 4) is 0 Å². The van der Waals surface area contributed by atoms with Crippen LogP contribution in [0.4, 0.5) is 5.69 Å². The fourth-order valence-corrected chi connectivity index (χ4v) is 2.44. The van der Waals surface area contributed by atoms with Gasteiger partial charge in [0.05, 0.1) is 0 Å². The second kappa shape index (κ2) is 8.46. The summed E-state index contributed by atoms with van der Waals surface area (Å²) in [5, 5.41) is 0. The van der Waals surface area contributed by atoms with Crippen LogP contribution in [0.15, 0.2) is 53.7 Å². The molecule has 0 radical (unpaired) electrons. The Morgan fingerprint density at radius 2 is 1.95 bits per heavy atom. The monoisotopic (exact) mass is 284 g/mol. The summed E-state index contributed by atoms with van der Waals surface area (Å²) in [7, 11) is 2.16. The molecule has 0 aromatic heterocycles. The summed E-state index contributed by atoms with van der Waals surface area (Å²) in [6.45, 7) is 12.4. The molecule has 0 aliphatic rings. The van der Waals surface area contributed by atoms with Crippen LogP contribution in [-0.2, 0) is 0 Å². The molecule has 0 N–H and O–H groups in total. The Bertz CT molecular complexity index is 512. The molecule has 1 unspecified atom stereocenters. The fourth-order valence-electron chi connectivity index (χ4n) is 2.44. The zero-order valence-corrected chi connectivity index (χ0v) is 14.0. The average Bonchev–Trinajstić information content (AvgIpc) is 2.46. The van der Waals surface area contributed by atoms with Crippen LogP contribution in [-0.4, -0.2) is 19.3 Å². The molecule has 21 heavy (non-hydrogen) atoms. The smallest absolute Gasteiger partial charge is 0.0419 e. The first-order chi connectivity index (χ1) is 10.0. The minimum atomic E-state index is 0.375. The fraction of sp³-hybridized carbons (Fsp3) is 0.421. The average molecular weight is 284 g/mol. The molecule has 0 aliphatic heterocycles. The van der Waals surface area contributed by atoms with Gasteiger partial charge in [0.25, 0.3) is 0 Å². The summed E-state index contributed by atoms with van der Waals surface area (Å²) < 4.78 is 0. The number of nitrogens with zero attached hydrogens (tertiary/aromatic N) is 2. The van der Waals surface area contributed by atoms with Crippen molar-refractivity contribution < 1.29 is 0 Å². The Labute approximate surface area is 129 Å². The SMILES string of the molecule is C=C/C=C(CC(C)N(C)c1ccccc1C(C)C)\N=C/C. The third-order valence-electron chi connectivity index (χ3n) is 3.71. The summed E-state index contributed by atoms with van der Waals surface area (Å²) in [6.07, 6.45) is 6.53. The topological polar surface area (TPSA) is 15.6 Å². The molecule has 1 aromatic carbocycles. The molecule has 0 bridgehead atoms. The zero-order chi connectivity index (χ0) is 15.8. The van der Waals surface area contributed by atoms with Crippen molar-refractivity contribution in [2.24, 2.45) is 4.99 Å². The first-order valence-corrected chi connectivity index (χ1v) is 7.63. The number of benzene rings is 1. The first-order valence-electron chi connectivity index (χ1n) is 7.63. The van der Waals surface area contributed by atoms with E-state index in [1.54, 1.807) is 6.08 Å². The number of hydrogen-bond acceptors (Lipinski definition) is 2. The molecule has 2 nitrogen and oxygen atoms in total. The van der Waals surface area contributed by atoms with E-state index in [1.807, 2.05) is 19.2 Å². The van der Waals surface area contributed by atoms with E-state index >= 15 is 0 Å². The number of anilines is 1. The van der Waals surface area contributed by atoms with E-state index in [0.717, 1.165) is 12.1 Å². The molecular weight excluding hydrogens is 256 g/mol. The van der Waals surface area contributed by atoms with Crippen molar-refractivity contribution in [3.63, 3.8) is 0 Å². The zero-order valence-electron chi connectivity index (χ0n) is 14.0. The third kappa shape index (κ3) is 4.89. The molecular formula is C19H28N2. The molecule has 0 spiro atoms. The van der Waals surface area contributed by atoms with Crippen LogP contribution in [0.25, 0.3) is 0 Å². The van der Waals surface area contributed by atoms with Gasteiger partial charge in [-0.2, -0.15) is 0 Å². The van der Waals surface area contributed by atoms with Crippen LogP contribution in [0.3, 0.4) is 0 Å². The van der Waals surface area contributed by atoms with Gasteiger partial charge in [0.15, 0.2) is 0 Å². The van der Waals surface area contributed by atoms with Crippen molar-refractivity contribution in [1.82, 2.24) is 0 Å². The number of hydrogen-bond donors (Lipinski definition) is 0. The van der Waals surface area contributed by atoms with E-state index in [1.165, 1.54) is 11.3 Å². The van der Waals surface area contributed by atoms with E-state index in [9.17, 15) is 0 Å². The first kappa shape index (κ1) is 17.2. The Morgan fingerprint density at radius 1 is 1.29 bits per heavy atom. The van der Waals surface area contributed by atoms with Crippen LogP contribution < -0.4 is 4.90 Å². The molecule has 0 saturated heterocycles. The van der Waals surface area contributed by atoms with Gasteiger partial charge in [-0.05, 0) is 37.5 Å². The predicted octanol–water partition coefficient (Wildman–Crippen LogP) is 5.19. The lowest BCUT2D eigenvalue weighted by atomic mass is 9.99. The maximum atomic E-state index is 4.43. The number of rotatable bonds is 7. The van der Waals surface area contributed by atoms with Gasteiger partial charge < -0.3 is 4.90 Å². The molecule has 0 fully saturated rings. The highest BCUT2D eigenvalue weighted by atomic mass is 15.1. The molecule has 0 saturated carbocycles. The maximum absolute atomic E-state index is 4.43. The summed E-state index contributed by atoms with van der Waals surface area (Å²) in [6, 6.07) is 9.01. The largest absolute Gasteiger partial charge is 0.371 e. The lowest BCUT2D eigenvalue weighted by Gasteiger charge is -2.30. The van der Waals surface area contributed by atoms with Crippen LogP contribution in [0.1, 0.15) is 45.6 Å². The van der Waals surface area contributed by atoms with E-state index in [2.05, 4.69) is 68.6 Å². The Hall–Kier alpha value is -1.83. The van der Waals surface area contributed by atoms with E-state index in [0.29, 0.717) is 12.0 Å². The highest BCUT2D eigenvalue weighted by Crippen LogP contribution is 2.28. The standard InChI is InChI=1S/C19H28N2/c1-7-11-17(20-8-2)14-16(5)21(6)19-13-10-9-12-18(19)15(3)4/h7-13,15-16H,1,14H2,2-6H3/b17-11-,20-8-. The van der Waals surface area contributed by atoms with Gasteiger partial charge in [-0.25, -0.2) is 0 Å². The summed E-state index contributed by atoms with van der Waals surface area (Å²) in [5.74, 6) is 0.521. The minimum absolute atomic E-state index is 0.375. The third-order valence-corrected chi connectivity index (χ3v) is 3.71. The normalized spacial score (nSPS) is 13.7. The quantitative estimate of drug-likeness (QED) is 0.497. The molecule has 1 atom stereocenters. The van der Waals surface area contributed by atoms with Crippen LogP contribution in [0, 0.1) is 0 Å². The van der Waals surface area contributed by atoms with E-state index < -0.39 is 0 Å². The predicted molar refractivity (Wildman–Crippen MR) is 95.5 cm³/mol. The van der Waals surface area contributed by atoms with Gasteiger partial charge in [0.2, 0.25) is 0 Å². The summed E-state index contributed by atoms with van der Waals surface area (Å²) in [5.41, 5.74) is 3.76. The highest BCUT2D eigenvalue weighted by molar-refractivity contribution is 5.56. The van der Waals surface area contributed by atoms with E-state index in [4.69, 9.17) is 0 Å². The van der Waals surface area contributed by atoms with Gasteiger partial charge >= 0.3 is 0 Å². The lowest BCUT2D eigenvalue weighted by molar-refractivity contribution is 0.668. The van der Waals surface area contributed by atoms with Crippen molar-refractivity contribution in [3.05, 3.63) is 54.3 Å². The van der Waals surface area contributed by atoms with Crippen molar-refractivity contribution in [1.29, 1.82) is 0 Å². The van der Waals surface area contributed by atoms with E-state index in [-0.39, 0.29) is 0 Å². The van der Waals surface area contributed by atoms with Crippen molar-refractivity contribution in [2.45, 2.75) is 46.1 Å². The van der Waals surface area contributed by atoms with Crippen molar-refractivity contribution in [2.75, 3.05) is 11.9 Å². The number of para-hydroxylation sites is 1. The second-order valence-electron chi connectivity index (χ2n) is 5.66. The molecule has 1 aromatic rings. The number of aliphatic imine (C=N–C) groups is 1. The van der Waals surface area contributed by atoms with Crippen LogP contribution in [0.2, 0.25) is 0 Å². The molecule has 0 amide bonds. The van der Waals surface area contributed by atoms with Crippen molar-refractivity contribution >= 4 is 11.9 Å². The minimum Gasteiger partial charge on any atom is -0.371 e. The maximum Gasteiger partial charge on any atom is 0.0419 e. The highest BCUT2D eigenvalue weighted by Gasteiger charge is 2.15. The molecule has 0 aliphatic carbocycles. The lowest BCUT2D eigenvalue weighted by Crippen LogP contribution is -2.30. The summed E-state index contributed by atoms with van der Waals surface area (Å²) >= 11 is 0. The molecule has 114 valence electrons. The van der Waals surface area contributed by atoms with Gasteiger partial charge in [-0.15, -0.1) is 0 Å². The van der Waals surface area contributed by atoms with Gasteiger partial charge in [-0.3, -0.25) is 4.99 Å². The van der Waals surface area contributed by atoms with Gasteiger partial charge in [0.1, 0.15) is 0 Å². The Morgan fingerprint density at radius 3 is 2.52 bits per heavy atom. The number of allylic oxidation sites excluding steroid dienone is 2.